The Bertz CT molecular complexity index is 542. The van der Waals surface area contributed by atoms with E-state index in [0.29, 0.717) is 23.7 Å². The van der Waals surface area contributed by atoms with Crippen LogP contribution >= 0.6 is 11.6 Å². The van der Waals surface area contributed by atoms with Crippen LogP contribution in [0.3, 0.4) is 0 Å². The van der Waals surface area contributed by atoms with Crippen molar-refractivity contribution in [3.05, 3.63) is 28.8 Å². The zero-order valence-corrected chi connectivity index (χ0v) is 13.5. The van der Waals surface area contributed by atoms with Crippen LogP contribution in [0.1, 0.15) is 24.8 Å². The van der Waals surface area contributed by atoms with Crippen LogP contribution in [-0.4, -0.2) is 43.0 Å². The average Bonchev–Trinajstić information content (AvgIpc) is 3.02. The van der Waals surface area contributed by atoms with E-state index in [1.165, 1.54) is 0 Å². The molecule has 1 saturated heterocycles. The van der Waals surface area contributed by atoms with Crippen LogP contribution in [0.2, 0.25) is 5.02 Å². The first-order valence-electron chi connectivity index (χ1n) is 7.49. The number of benzene rings is 1. The molecule has 1 N–H and O–H groups in total. The van der Waals surface area contributed by atoms with E-state index in [1.54, 1.807) is 12.1 Å². The minimum atomic E-state index is -0.258. The molecule has 5 nitrogen and oxygen atoms in total. The minimum Gasteiger partial charge on any atom is -0.482 e. The second kappa shape index (κ2) is 8.03. The summed E-state index contributed by atoms with van der Waals surface area (Å²) in [6.07, 6.45) is 2.48. The predicted octanol–water partition coefficient (Wildman–Crippen LogP) is 2.16. The number of carbonyl (C=O) groups is 2. The summed E-state index contributed by atoms with van der Waals surface area (Å²) < 4.78 is 5.40. The Labute approximate surface area is 135 Å². The second-order valence-corrected chi connectivity index (χ2v) is 5.82. The molecule has 1 heterocycles. The molecule has 2 rings (SSSR count). The molecule has 2 amide bonds. The Hall–Kier alpha value is -1.75. The van der Waals surface area contributed by atoms with Gasteiger partial charge in [0.2, 0.25) is 5.91 Å². The summed E-state index contributed by atoms with van der Waals surface area (Å²) in [5.74, 6) is 0.331. The number of rotatable bonds is 6. The average molecular weight is 325 g/mol. The molecule has 0 saturated carbocycles. The highest BCUT2D eigenvalue weighted by Crippen LogP contribution is 2.24. The topological polar surface area (TPSA) is 58.6 Å². The lowest BCUT2D eigenvalue weighted by Crippen LogP contribution is -2.34. The lowest BCUT2D eigenvalue weighted by atomic mass is 10.2. The van der Waals surface area contributed by atoms with Gasteiger partial charge in [-0.15, -0.1) is 0 Å². The highest BCUT2D eigenvalue weighted by molar-refractivity contribution is 6.32. The molecule has 0 radical (unpaired) electrons. The molecule has 0 bridgehead atoms. The molecule has 0 aliphatic carbocycles. The Morgan fingerprint density at radius 3 is 2.77 bits per heavy atom. The number of halogens is 1. The molecule has 1 aliphatic rings. The third-order valence-electron chi connectivity index (χ3n) is 3.57. The van der Waals surface area contributed by atoms with Crippen molar-refractivity contribution < 1.29 is 14.3 Å². The molecule has 1 aromatic rings. The van der Waals surface area contributed by atoms with Gasteiger partial charge in [-0.05, 0) is 37.5 Å². The third kappa shape index (κ3) is 4.91. The molecule has 1 aliphatic heterocycles. The lowest BCUT2D eigenvalue weighted by Gasteiger charge is -2.15. The number of hydrogen-bond acceptors (Lipinski definition) is 3. The normalized spacial score (nSPS) is 14.0. The molecule has 22 heavy (non-hydrogen) atoms. The highest BCUT2D eigenvalue weighted by Gasteiger charge is 2.17. The van der Waals surface area contributed by atoms with E-state index in [9.17, 15) is 9.59 Å². The summed E-state index contributed by atoms with van der Waals surface area (Å²) in [6.45, 7) is 3.82. The van der Waals surface area contributed by atoms with Crippen LogP contribution in [0, 0.1) is 6.92 Å². The molecule has 0 spiro atoms. The first-order chi connectivity index (χ1) is 10.6. The Balaban J connectivity index is 1.67. The summed E-state index contributed by atoms with van der Waals surface area (Å²) in [5, 5.41) is 3.16. The van der Waals surface area contributed by atoms with Crippen LogP contribution < -0.4 is 10.1 Å². The molecule has 1 fully saturated rings. The van der Waals surface area contributed by atoms with Gasteiger partial charge in [0.25, 0.3) is 5.91 Å². The number of nitrogens with zero attached hydrogens (tertiary/aromatic N) is 1. The van der Waals surface area contributed by atoms with E-state index in [-0.39, 0.29) is 18.4 Å². The number of aryl methyl sites for hydroxylation is 1. The van der Waals surface area contributed by atoms with Gasteiger partial charge in [-0.25, -0.2) is 0 Å². The summed E-state index contributed by atoms with van der Waals surface area (Å²) in [4.78, 5) is 25.4. The molecule has 0 unspecified atom stereocenters. The molecular formula is C16H21ClN2O3. The molecule has 1 aromatic carbocycles. The summed E-state index contributed by atoms with van der Waals surface area (Å²) in [6, 6.07) is 5.39. The monoisotopic (exact) mass is 324 g/mol. The summed E-state index contributed by atoms with van der Waals surface area (Å²) in [7, 11) is 0. The summed E-state index contributed by atoms with van der Waals surface area (Å²) in [5.41, 5.74) is 1.01. The predicted molar refractivity (Wildman–Crippen MR) is 85.1 cm³/mol. The van der Waals surface area contributed by atoms with Crippen LogP contribution in [0.15, 0.2) is 18.2 Å². The Kier molecular flexibility index (Phi) is 6.07. The molecule has 6 heteroatoms. The van der Waals surface area contributed by atoms with Crippen LogP contribution in [0.25, 0.3) is 0 Å². The SMILES string of the molecule is Cc1ccc(Cl)c(OCC(=O)NCCC(=O)N2CCCC2)c1. The van der Waals surface area contributed by atoms with E-state index in [0.717, 1.165) is 31.5 Å². The van der Waals surface area contributed by atoms with Crippen LogP contribution in [0.4, 0.5) is 0 Å². The Morgan fingerprint density at radius 1 is 1.32 bits per heavy atom. The van der Waals surface area contributed by atoms with Crippen molar-refractivity contribution in [1.82, 2.24) is 10.2 Å². The Morgan fingerprint density at radius 2 is 2.05 bits per heavy atom. The van der Waals surface area contributed by atoms with Crippen molar-refractivity contribution in [3.63, 3.8) is 0 Å². The summed E-state index contributed by atoms with van der Waals surface area (Å²) >= 11 is 5.99. The van der Waals surface area contributed by atoms with E-state index in [4.69, 9.17) is 16.3 Å². The number of carbonyl (C=O) groups excluding carboxylic acids is 2. The van der Waals surface area contributed by atoms with Gasteiger partial charge in [0.15, 0.2) is 6.61 Å². The zero-order chi connectivity index (χ0) is 15.9. The zero-order valence-electron chi connectivity index (χ0n) is 12.7. The van der Waals surface area contributed by atoms with Crippen LogP contribution in [-0.2, 0) is 9.59 Å². The van der Waals surface area contributed by atoms with E-state index in [1.807, 2.05) is 17.9 Å². The fourth-order valence-corrected chi connectivity index (χ4v) is 2.52. The fourth-order valence-electron chi connectivity index (χ4n) is 2.35. The van der Waals surface area contributed by atoms with Crippen molar-refractivity contribution >= 4 is 23.4 Å². The van der Waals surface area contributed by atoms with Gasteiger partial charge < -0.3 is 15.0 Å². The van der Waals surface area contributed by atoms with Gasteiger partial charge in [0.1, 0.15) is 5.75 Å². The second-order valence-electron chi connectivity index (χ2n) is 5.41. The maximum Gasteiger partial charge on any atom is 0.257 e. The first kappa shape index (κ1) is 16.6. The number of likely N-dealkylation sites (tertiary alicyclic amines) is 1. The number of amides is 2. The molecular weight excluding hydrogens is 304 g/mol. The largest absolute Gasteiger partial charge is 0.482 e. The van der Waals surface area contributed by atoms with Crippen molar-refractivity contribution in [2.75, 3.05) is 26.2 Å². The van der Waals surface area contributed by atoms with Gasteiger partial charge in [0.05, 0.1) is 5.02 Å². The molecule has 0 aromatic heterocycles. The third-order valence-corrected chi connectivity index (χ3v) is 3.88. The lowest BCUT2D eigenvalue weighted by molar-refractivity contribution is -0.130. The first-order valence-corrected chi connectivity index (χ1v) is 7.87. The van der Waals surface area contributed by atoms with Crippen molar-refractivity contribution in [1.29, 1.82) is 0 Å². The number of hydrogen-bond donors (Lipinski definition) is 1. The highest BCUT2D eigenvalue weighted by atomic mass is 35.5. The quantitative estimate of drug-likeness (QED) is 0.872. The van der Waals surface area contributed by atoms with E-state index in [2.05, 4.69) is 5.32 Å². The van der Waals surface area contributed by atoms with Gasteiger partial charge in [0, 0.05) is 26.1 Å². The fraction of sp³-hybridized carbons (Fsp3) is 0.500. The van der Waals surface area contributed by atoms with Crippen molar-refractivity contribution in [2.24, 2.45) is 0 Å². The van der Waals surface area contributed by atoms with E-state index >= 15 is 0 Å². The smallest absolute Gasteiger partial charge is 0.257 e. The van der Waals surface area contributed by atoms with Gasteiger partial charge in [-0.2, -0.15) is 0 Å². The minimum absolute atomic E-state index is 0.0976. The molecule has 0 atom stereocenters. The number of ether oxygens (including phenoxy) is 1. The van der Waals surface area contributed by atoms with Gasteiger partial charge in [-0.3, -0.25) is 9.59 Å². The standard InChI is InChI=1S/C16H21ClN2O3/c1-12-4-5-13(17)14(10-12)22-11-15(20)18-7-6-16(21)19-8-2-3-9-19/h4-5,10H,2-3,6-9,11H2,1H3,(H,18,20). The van der Waals surface area contributed by atoms with Gasteiger partial charge in [-0.1, -0.05) is 17.7 Å². The van der Waals surface area contributed by atoms with Gasteiger partial charge >= 0.3 is 0 Å². The van der Waals surface area contributed by atoms with E-state index < -0.39 is 0 Å². The number of nitrogens with one attached hydrogen (secondary N) is 1. The van der Waals surface area contributed by atoms with Crippen LogP contribution in [0.5, 0.6) is 5.75 Å². The maximum atomic E-state index is 11.8. The molecule has 120 valence electrons. The van der Waals surface area contributed by atoms with Crippen molar-refractivity contribution in [2.45, 2.75) is 26.2 Å². The maximum absolute atomic E-state index is 11.8. The van der Waals surface area contributed by atoms with Crippen molar-refractivity contribution in [3.8, 4) is 5.75 Å².